The molecule has 28 nitrogen and oxygen atoms in total. The first-order chi connectivity index (χ1) is 23.2. The molecule has 0 heterocycles. The van der Waals surface area contributed by atoms with E-state index in [-0.39, 0.29) is 0 Å². The van der Waals surface area contributed by atoms with Crippen molar-refractivity contribution < 1.29 is 136 Å². The minimum absolute atomic E-state index is 1.19. The number of hydrogen-bond donors (Lipinski definition) is 13. The van der Waals surface area contributed by atoms with Crippen LogP contribution in [0, 0.1) is 0 Å². The van der Waals surface area contributed by atoms with Gasteiger partial charge in [0.2, 0.25) is 12.2 Å². The summed E-state index contributed by atoms with van der Waals surface area (Å²) in [5, 5.41) is 113. The van der Waals surface area contributed by atoms with Crippen molar-refractivity contribution in [2.24, 2.45) is 0 Å². The van der Waals surface area contributed by atoms with Crippen LogP contribution >= 0.6 is 0 Å². The van der Waals surface area contributed by atoms with Gasteiger partial charge in [0.25, 0.3) is 0 Å². The van der Waals surface area contributed by atoms with Crippen molar-refractivity contribution in [3.8, 4) is 0 Å². The Morgan fingerprint density at radius 1 is 0.706 bits per heavy atom. The number of carboxylic acid groups (broad SMARTS) is 4. The highest BCUT2D eigenvalue weighted by molar-refractivity contribution is 7.80. The average Bonchev–Trinajstić information content (AvgIpc) is 3.00. The van der Waals surface area contributed by atoms with Crippen molar-refractivity contribution in [3.05, 3.63) is 0 Å². The summed E-state index contributed by atoms with van der Waals surface area (Å²) in [5.41, 5.74) is -3.54. The summed E-state index contributed by atoms with van der Waals surface area (Å²) in [6, 6.07) is 0. The van der Waals surface area contributed by atoms with E-state index in [4.69, 9.17) is 25.0 Å². The predicted molar refractivity (Wildman–Crippen MR) is 141 cm³/mol. The van der Waals surface area contributed by atoms with Crippen molar-refractivity contribution in [1.29, 1.82) is 0 Å². The summed E-state index contributed by atoms with van der Waals surface area (Å²) >= 11 is 0. The highest BCUT2D eigenvalue weighted by atomic mass is 32.3. The molecular weight excluding hydrogens is 744 g/mol. The lowest BCUT2D eigenvalue weighted by molar-refractivity contribution is -0.191. The quantitative estimate of drug-likeness (QED) is 0.0210. The van der Waals surface area contributed by atoms with Crippen LogP contribution in [0.25, 0.3) is 0 Å². The monoisotopic (exact) mass is 774 g/mol. The molecule has 0 aromatic heterocycles. The van der Waals surface area contributed by atoms with Crippen molar-refractivity contribution >= 4 is 58.3 Å². The SMILES string of the molecule is O=C(O)CC(O)(CC(=O)O[C@@H]([C@H](O)[C@H](O)C(=O)O)[C@@H](OS(=O)(=O)O)C(=O)OC(=O)OCC(OC(=O)[C@H](O)[C@@H](O)[C@H](O)[C@H](O)CO)C(=O)O)C(=O)O. The average molecular weight is 775 g/mol. The molecule has 0 radical (unpaired) electrons. The molecule has 0 aliphatic carbocycles. The first-order valence-electron chi connectivity index (χ1n) is 13.0. The zero-order valence-electron chi connectivity index (χ0n) is 24.9. The third-order valence-corrected chi connectivity index (χ3v) is 6.23. The van der Waals surface area contributed by atoms with Gasteiger partial charge in [-0.05, 0) is 0 Å². The van der Waals surface area contributed by atoms with Gasteiger partial charge in [-0.3, -0.25) is 14.1 Å². The maximum absolute atomic E-state index is 12.7. The fourth-order valence-corrected chi connectivity index (χ4v) is 3.68. The van der Waals surface area contributed by atoms with Crippen LogP contribution in [-0.2, 0) is 67.1 Å². The van der Waals surface area contributed by atoms with Crippen LogP contribution in [0.4, 0.5) is 4.79 Å². The lowest BCUT2D eigenvalue weighted by Gasteiger charge is -2.30. The molecule has 0 aliphatic rings. The number of aliphatic hydroxyl groups excluding tert-OH is 7. The Labute approximate surface area is 281 Å². The normalized spacial score (nSPS) is 18.1. The fourth-order valence-electron chi connectivity index (χ4n) is 3.23. The van der Waals surface area contributed by atoms with Gasteiger partial charge in [0.1, 0.15) is 31.0 Å². The molecule has 29 heteroatoms. The zero-order valence-corrected chi connectivity index (χ0v) is 25.7. The van der Waals surface area contributed by atoms with Gasteiger partial charge in [-0.2, -0.15) is 8.42 Å². The van der Waals surface area contributed by atoms with Crippen LogP contribution in [0.3, 0.4) is 0 Å². The van der Waals surface area contributed by atoms with Crippen molar-refractivity contribution in [2.45, 2.75) is 73.4 Å². The maximum atomic E-state index is 12.7. The molecule has 10 atom stereocenters. The minimum Gasteiger partial charge on any atom is -0.481 e. The second-order valence-corrected chi connectivity index (χ2v) is 10.7. The Morgan fingerprint density at radius 3 is 1.69 bits per heavy atom. The standard InChI is InChI=1S/C22H30O28S/c23-3-5(24)9(28)10(29)13(32)18(37)47-6(16(33)34)4-46-21(41)49-19(38)15(50-51(43,44)45)14(11(30)12(31)17(35)36)48-8(27)2-22(42,20(39)40)1-7(25)26/h5-6,9-15,23-24,28-32,42H,1-4H2,(H,25,26)(H,33,34)(H,35,36)(H,39,40)(H,43,44,45)/t5-,6?,9-,10+,11-,12+,13-,14+,15-,22?/m1/s1. The van der Waals surface area contributed by atoms with Crippen LogP contribution in [0.5, 0.6) is 0 Å². The van der Waals surface area contributed by atoms with E-state index in [1.807, 2.05) is 0 Å². The number of carbonyl (C=O) groups is 8. The lowest BCUT2D eigenvalue weighted by Crippen LogP contribution is -2.55. The van der Waals surface area contributed by atoms with Crippen LogP contribution in [0.2, 0.25) is 0 Å². The van der Waals surface area contributed by atoms with Gasteiger partial charge in [0, 0.05) is 0 Å². The molecule has 0 fully saturated rings. The van der Waals surface area contributed by atoms with E-state index in [1.54, 1.807) is 0 Å². The van der Waals surface area contributed by atoms with Gasteiger partial charge in [-0.15, -0.1) is 0 Å². The Morgan fingerprint density at radius 2 is 1.25 bits per heavy atom. The third-order valence-electron chi connectivity index (χ3n) is 5.78. The largest absolute Gasteiger partial charge is 0.516 e. The molecule has 2 unspecified atom stereocenters. The predicted octanol–water partition coefficient (Wildman–Crippen LogP) is -8.31. The molecule has 0 aromatic carbocycles. The number of esters is 3. The van der Waals surface area contributed by atoms with Gasteiger partial charge in [0.15, 0.2) is 23.9 Å². The summed E-state index contributed by atoms with van der Waals surface area (Å²) in [7, 11) is -6.04. The second-order valence-electron chi connectivity index (χ2n) is 9.68. The minimum atomic E-state index is -6.04. The molecule has 0 bridgehead atoms. The van der Waals surface area contributed by atoms with Crippen molar-refractivity contribution in [2.75, 3.05) is 13.2 Å². The van der Waals surface area contributed by atoms with E-state index in [0.29, 0.717) is 0 Å². The van der Waals surface area contributed by atoms with E-state index in [0.717, 1.165) is 0 Å². The van der Waals surface area contributed by atoms with Crippen LogP contribution in [0.1, 0.15) is 12.8 Å². The summed E-state index contributed by atoms with van der Waals surface area (Å²) in [6.07, 6.45) is -32.0. The van der Waals surface area contributed by atoms with E-state index in [2.05, 4.69) is 23.1 Å². The van der Waals surface area contributed by atoms with E-state index in [1.165, 1.54) is 0 Å². The van der Waals surface area contributed by atoms with Gasteiger partial charge >= 0.3 is 58.3 Å². The van der Waals surface area contributed by atoms with Gasteiger partial charge in [-0.1, -0.05) is 0 Å². The van der Waals surface area contributed by atoms with Gasteiger partial charge in [0.05, 0.1) is 19.4 Å². The number of carboxylic acids is 4. The van der Waals surface area contributed by atoms with Gasteiger partial charge < -0.3 is 80.2 Å². The number of rotatable bonds is 22. The smallest absolute Gasteiger partial charge is 0.481 e. The second kappa shape index (κ2) is 19.6. The van der Waals surface area contributed by atoms with E-state index < -0.39 is 145 Å². The molecule has 0 spiro atoms. The first-order valence-corrected chi connectivity index (χ1v) is 14.3. The van der Waals surface area contributed by atoms with Crippen molar-refractivity contribution in [3.63, 3.8) is 0 Å². The van der Waals surface area contributed by atoms with E-state index in [9.17, 15) is 87.6 Å². The van der Waals surface area contributed by atoms with Crippen LogP contribution in [-0.4, -0.2) is 196 Å². The Kier molecular flexibility index (Phi) is 17.8. The molecular formula is C22H30O28S. The molecule has 0 saturated carbocycles. The molecule has 0 aromatic rings. The number of aliphatic carboxylic acids is 4. The zero-order chi connectivity index (χ0) is 40.2. The Hall–Kier alpha value is -4.69. The molecule has 0 saturated heterocycles. The van der Waals surface area contributed by atoms with E-state index >= 15 is 0 Å². The third kappa shape index (κ3) is 15.0. The number of carbonyl (C=O) groups excluding carboxylic acids is 4. The molecule has 13 N–H and O–H groups in total. The summed E-state index contributed by atoms with van der Waals surface area (Å²) in [5.74, 6) is -15.9. The first kappa shape index (κ1) is 46.3. The van der Waals surface area contributed by atoms with Crippen LogP contribution < -0.4 is 0 Å². The Bertz CT molecular complexity index is 1410. The maximum Gasteiger partial charge on any atom is 0.516 e. The molecule has 0 aliphatic heterocycles. The molecule has 0 rings (SSSR count). The number of hydrogen-bond acceptors (Lipinski definition) is 23. The molecule has 292 valence electrons. The lowest BCUT2D eigenvalue weighted by atomic mass is 9.95. The Balaban J connectivity index is 6.25. The number of ether oxygens (including phenoxy) is 4. The molecule has 51 heavy (non-hydrogen) atoms. The molecule has 0 amide bonds. The fraction of sp³-hybridized carbons (Fsp3) is 0.636. The van der Waals surface area contributed by atoms with Crippen molar-refractivity contribution in [1.82, 2.24) is 0 Å². The summed E-state index contributed by atoms with van der Waals surface area (Å²) < 4.78 is 52.4. The highest BCUT2D eigenvalue weighted by Crippen LogP contribution is 2.22. The number of aliphatic hydroxyl groups is 8. The summed E-state index contributed by atoms with van der Waals surface area (Å²) in [6.45, 7) is -2.89. The topological polar surface area (TPSA) is 480 Å². The highest BCUT2D eigenvalue weighted by Gasteiger charge is 2.49. The summed E-state index contributed by atoms with van der Waals surface area (Å²) in [4.78, 5) is 94.0. The van der Waals surface area contributed by atoms with Crippen LogP contribution in [0.15, 0.2) is 0 Å². The van der Waals surface area contributed by atoms with Gasteiger partial charge in [-0.25, -0.2) is 33.0 Å².